The van der Waals surface area contributed by atoms with E-state index < -0.39 is 5.97 Å². The first-order valence-electron chi connectivity index (χ1n) is 8.95. The van der Waals surface area contributed by atoms with Crippen LogP contribution < -0.4 is 0 Å². The van der Waals surface area contributed by atoms with Crippen LogP contribution >= 0.6 is 11.6 Å². The second kappa shape index (κ2) is 10.5. The molecule has 4 nitrogen and oxygen atoms in total. The van der Waals surface area contributed by atoms with Gasteiger partial charge in [-0.25, -0.2) is 4.79 Å². The minimum atomic E-state index is -0.631. The van der Waals surface area contributed by atoms with Gasteiger partial charge >= 0.3 is 5.97 Å². The zero-order valence-electron chi connectivity index (χ0n) is 15.6. The highest BCUT2D eigenvalue weighted by atomic mass is 35.5. The van der Waals surface area contributed by atoms with Crippen LogP contribution in [0.1, 0.15) is 31.4 Å². The molecule has 1 N–H and O–H groups in total. The molecule has 2 aromatic rings. The largest absolute Gasteiger partial charge is 0.506 e. The van der Waals surface area contributed by atoms with E-state index in [9.17, 15) is 9.90 Å². The molecule has 2 aromatic carbocycles. The van der Waals surface area contributed by atoms with Gasteiger partial charge in [0.15, 0.2) is 0 Å². The first kappa shape index (κ1) is 20.7. The van der Waals surface area contributed by atoms with Crippen molar-refractivity contribution in [3.05, 3.63) is 76.3 Å². The molecule has 2 rings (SSSR count). The summed E-state index contributed by atoms with van der Waals surface area (Å²) in [7, 11) is 0. The molecule has 0 aliphatic rings. The van der Waals surface area contributed by atoms with Crippen LogP contribution in [0.15, 0.2) is 65.2 Å². The maximum atomic E-state index is 12.3. The molecule has 0 saturated carbocycles. The van der Waals surface area contributed by atoms with E-state index in [0.717, 1.165) is 12.8 Å². The number of aryl methyl sites for hydroxylation is 1. The Balaban J connectivity index is 2.19. The molecule has 0 heterocycles. The lowest BCUT2D eigenvalue weighted by Crippen LogP contribution is -2.13. The molecule has 1 atom stereocenters. The van der Waals surface area contributed by atoms with Crippen molar-refractivity contribution in [3.8, 4) is 0 Å². The van der Waals surface area contributed by atoms with Crippen LogP contribution in [0.4, 0.5) is 0 Å². The molecular weight excluding hydrogens is 362 g/mol. The summed E-state index contributed by atoms with van der Waals surface area (Å²) in [5, 5.41) is 10.9. The minimum Gasteiger partial charge on any atom is -0.506 e. The molecular formula is C22H24ClNO3. The highest BCUT2D eigenvalue weighted by molar-refractivity contribution is 6.32. The average Bonchev–Trinajstić information content (AvgIpc) is 2.67. The number of carbonyl (C=O) groups is 1. The SMILES string of the molecule is CCOC(=O)C(C=NC(C)CCc1ccccc1)=C(O)c1ccccc1Cl. The lowest BCUT2D eigenvalue weighted by atomic mass is 10.1. The second-order valence-corrected chi connectivity index (χ2v) is 6.52. The zero-order valence-corrected chi connectivity index (χ0v) is 16.3. The van der Waals surface area contributed by atoms with Crippen molar-refractivity contribution in [2.24, 2.45) is 4.99 Å². The van der Waals surface area contributed by atoms with E-state index >= 15 is 0 Å². The summed E-state index contributed by atoms with van der Waals surface area (Å²) in [5.41, 5.74) is 1.60. The lowest BCUT2D eigenvalue weighted by molar-refractivity contribution is -0.137. The van der Waals surface area contributed by atoms with Crippen molar-refractivity contribution in [2.45, 2.75) is 32.7 Å². The Morgan fingerprint density at radius 3 is 2.52 bits per heavy atom. The topological polar surface area (TPSA) is 58.9 Å². The number of hydrogen-bond donors (Lipinski definition) is 1. The van der Waals surface area contributed by atoms with Gasteiger partial charge in [0.2, 0.25) is 0 Å². The van der Waals surface area contributed by atoms with Gasteiger partial charge in [-0.3, -0.25) is 4.99 Å². The number of benzene rings is 2. The Labute approximate surface area is 165 Å². The van der Waals surface area contributed by atoms with Gasteiger partial charge in [-0.05, 0) is 44.4 Å². The van der Waals surface area contributed by atoms with E-state index in [2.05, 4.69) is 17.1 Å². The number of aliphatic hydroxyl groups is 1. The van der Waals surface area contributed by atoms with Gasteiger partial charge in [0.1, 0.15) is 11.3 Å². The predicted octanol–water partition coefficient (Wildman–Crippen LogP) is 5.26. The molecule has 0 aromatic heterocycles. The van der Waals surface area contributed by atoms with Crippen LogP contribution in [0.3, 0.4) is 0 Å². The molecule has 0 radical (unpaired) electrons. The number of aliphatic imine (C=N–C) groups is 1. The molecule has 5 heteroatoms. The third kappa shape index (κ3) is 6.26. The summed E-state index contributed by atoms with van der Waals surface area (Å²) >= 11 is 6.13. The van der Waals surface area contributed by atoms with Crippen LogP contribution in [0.5, 0.6) is 0 Å². The quantitative estimate of drug-likeness (QED) is 0.291. The van der Waals surface area contributed by atoms with Crippen LogP contribution in [0.25, 0.3) is 5.76 Å². The highest BCUT2D eigenvalue weighted by Gasteiger charge is 2.18. The van der Waals surface area contributed by atoms with Gasteiger partial charge in [0, 0.05) is 17.8 Å². The standard InChI is InChI=1S/C22H24ClNO3/c1-3-27-22(26)19(21(25)18-11-7-8-12-20(18)23)15-24-16(2)13-14-17-9-5-4-6-10-17/h4-12,15-16,25H,3,13-14H2,1-2H3. The molecule has 0 aliphatic carbocycles. The Kier molecular flexibility index (Phi) is 8.08. The molecule has 0 spiro atoms. The number of nitrogens with zero attached hydrogens (tertiary/aromatic N) is 1. The van der Waals surface area contributed by atoms with Gasteiger partial charge in [0.05, 0.1) is 11.6 Å². The predicted molar refractivity (Wildman–Crippen MR) is 110 cm³/mol. The Hall–Kier alpha value is -2.59. The van der Waals surface area contributed by atoms with Gasteiger partial charge < -0.3 is 9.84 Å². The summed E-state index contributed by atoms with van der Waals surface area (Å²) in [4.78, 5) is 16.7. The van der Waals surface area contributed by atoms with Crippen LogP contribution in [0, 0.1) is 0 Å². The Morgan fingerprint density at radius 1 is 1.19 bits per heavy atom. The normalized spacial score (nSPS) is 13.3. The number of rotatable bonds is 8. The number of esters is 1. The van der Waals surface area contributed by atoms with E-state index in [1.54, 1.807) is 31.2 Å². The molecule has 0 saturated heterocycles. The third-order valence-electron chi connectivity index (χ3n) is 4.03. The van der Waals surface area contributed by atoms with Gasteiger partial charge in [0.25, 0.3) is 0 Å². The van der Waals surface area contributed by atoms with Crippen LogP contribution in [-0.4, -0.2) is 29.9 Å². The van der Waals surface area contributed by atoms with E-state index in [0.29, 0.717) is 10.6 Å². The third-order valence-corrected chi connectivity index (χ3v) is 4.36. The van der Waals surface area contributed by atoms with Crippen molar-refractivity contribution in [1.82, 2.24) is 0 Å². The van der Waals surface area contributed by atoms with E-state index in [-0.39, 0.29) is 24.0 Å². The maximum absolute atomic E-state index is 12.3. The number of aliphatic hydroxyl groups excluding tert-OH is 1. The van der Waals surface area contributed by atoms with Gasteiger partial charge in [-0.15, -0.1) is 0 Å². The average molecular weight is 386 g/mol. The van der Waals surface area contributed by atoms with Crippen molar-refractivity contribution < 1.29 is 14.6 Å². The number of ether oxygens (including phenoxy) is 1. The van der Waals surface area contributed by atoms with Crippen molar-refractivity contribution in [1.29, 1.82) is 0 Å². The first-order valence-corrected chi connectivity index (χ1v) is 9.33. The summed E-state index contributed by atoms with van der Waals surface area (Å²) < 4.78 is 5.06. The number of hydrogen-bond acceptors (Lipinski definition) is 4. The van der Waals surface area contributed by atoms with Crippen molar-refractivity contribution >= 4 is 29.5 Å². The minimum absolute atomic E-state index is 0.00323. The molecule has 27 heavy (non-hydrogen) atoms. The summed E-state index contributed by atoms with van der Waals surface area (Å²) in [6, 6.07) is 16.9. The van der Waals surface area contributed by atoms with Crippen molar-refractivity contribution in [2.75, 3.05) is 6.61 Å². The summed E-state index contributed by atoms with van der Waals surface area (Å²) in [6.45, 7) is 3.88. The molecule has 0 fully saturated rings. The monoisotopic (exact) mass is 385 g/mol. The van der Waals surface area contributed by atoms with E-state index in [1.807, 2.05) is 25.1 Å². The van der Waals surface area contributed by atoms with E-state index in [1.165, 1.54) is 11.8 Å². The Bertz CT molecular complexity index is 815. The summed E-state index contributed by atoms with van der Waals surface area (Å²) in [5.74, 6) is -0.869. The fraction of sp³-hybridized carbons (Fsp3) is 0.273. The fourth-order valence-electron chi connectivity index (χ4n) is 2.51. The fourth-order valence-corrected chi connectivity index (χ4v) is 2.74. The zero-order chi connectivity index (χ0) is 19.6. The maximum Gasteiger partial charge on any atom is 0.343 e. The first-order chi connectivity index (χ1) is 13.0. The molecule has 142 valence electrons. The van der Waals surface area contributed by atoms with Gasteiger partial charge in [-0.1, -0.05) is 54.1 Å². The highest BCUT2D eigenvalue weighted by Crippen LogP contribution is 2.24. The molecule has 0 bridgehead atoms. The van der Waals surface area contributed by atoms with Gasteiger partial charge in [-0.2, -0.15) is 0 Å². The molecule has 0 amide bonds. The lowest BCUT2D eigenvalue weighted by Gasteiger charge is -2.10. The Morgan fingerprint density at radius 2 is 1.85 bits per heavy atom. The molecule has 1 unspecified atom stereocenters. The van der Waals surface area contributed by atoms with Crippen LogP contribution in [0.2, 0.25) is 5.02 Å². The molecule has 0 aliphatic heterocycles. The van der Waals surface area contributed by atoms with E-state index in [4.69, 9.17) is 16.3 Å². The summed E-state index contributed by atoms with van der Waals surface area (Å²) in [6.07, 6.45) is 3.09. The van der Waals surface area contributed by atoms with Crippen molar-refractivity contribution in [3.63, 3.8) is 0 Å². The smallest absolute Gasteiger partial charge is 0.343 e. The number of halogens is 1. The second-order valence-electron chi connectivity index (χ2n) is 6.11. The van der Waals surface area contributed by atoms with Crippen LogP contribution in [-0.2, 0) is 16.0 Å². The number of carbonyl (C=O) groups excluding carboxylic acids is 1.